The highest BCUT2D eigenvalue weighted by molar-refractivity contribution is 6.32. The fourth-order valence-corrected chi connectivity index (χ4v) is 5.83. The van der Waals surface area contributed by atoms with Crippen LogP contribution in [0, 0.1) is 32.1 Å². The summed E-state index contributed by atoms with van der Waals surface area (Å²) in [5.41, 5.74) is 6.76. The third kappa shape index (κ3) is 7.21. The number of ether oxygens (including phenoxy) is 3. The lowest BCUT2D eigenvalue weighted by Gasteiger charge is -2.20. The number of nitriles is 1. The van der Waals surface area contributed by atoms with Gasteiger partial charge in [0.05, 0.1) is 22.8 Å². The molecule has 0 spiro atoms. The number of aromatic nitrogens is 1. The highest BCUT2D eigenvalue weighted by Gasteiger charge is 2.18. The lowest BCUT2D eigenvalue weighted by Crippen LogP contribution is -2.22. The number of benzene rings is 3. The first-order chi connectivity index (χ1) is 21.4. The molecule has 1 saturated heterocycles. The minimum atomic E-state index is 0.119. The summed E-state index contributed by atoms with van der Waals surface area (Å²) < 4.78 is 18.6. The lowest BCUT2D eigenvalue weighted by atomic mass is 9.92. The molecule has 1 aliphatic rings. The Balaban J connectivity index is 1.36. The molecule has 44 heavy (non-hydrogen) atoms. The first-order valence-electron chi connectivity index (χ1n) is 14.9. The van der Waals surface area contributed by atoms with Gasteiger partial charge >= 0.3 is 0 Å². The second-order valence-electron chi connectivity index (χ2n) is 11.1. The number of rotatable bonds is 12. The van der Waals surface area contributed by atoms with E-state index in [1.165, 1.54) is 38.2 Å². The molecule has 0 aliphatic carbocycles. The fraction of sp³-hybridized carbons (Fsp3) is 0.306. The smallest absolute Gasteiger partial charge is 0.153 e. The third-order valence-corrected chi connectivity index (χ3v) is 8.28. The molecule has 0 saturated carbocycles. The number of hydrogen-bond donors (Lipinski definition) is 0. The van der Waals surface area contributed by atoms with E-state index >= 15 is 0 Å². The van der Waals surface area contributed by atoms with Gasteiger partial charge in [-0.05, 0) is 105 Å². The van der Waals surface area contributed by atoms with Crippen LogP contribution in [0.5, 0.6) is 23.0 Å². The monoisotopic (exact) mass is 609 g/mol. The number of hydrogen-bond acceptors (Lipinski definition) is 7. The van der Waals surface area contributed by atoms with Gasteiger partial charge in [0.15, 0.2) is 6.29 Å². The van der Waals surface area contributed by atoms with Crippen LogP contribution in [-0.4, -0.2) is 42.4 Å². The molecule has 0 atom stereocenters. The van der Waals surface area contributed by atoms with Gasteiger partial charge < -0.3 is 19.1 Å². The molecular weight excluding hydrogens is 574 g/mol. The normalized spacial score (nSPS) is 13.0. The van der Waals surface area contributed by atoms with E-state index in [9.17, 15) is 4.79 Å². The van der Waals surface area contributed by atoms with Crippen molar-refractivity contribution in [2.75, 3.05) is 26.2 Å². The van der Waals surface area contributed by atoms with E-state index < -0.39 is 0 Å². The van der Waals surface area contributed by atoms with Gasteiger partial charge in [-0.2, -0.15) is 5.26 Å². The molecular formula is C36H36ClN3O4. The summed E-state index contributed by atoms with van der Waals surface area (Å²) in [4.78, 5) is 18.4. The molecule has 7 nitrogen and oxygen atoms in total. The predicted molar refractivity (Wildman–Crippen MR) is 172 cm³/mol. The van der Waals surface area contributed by atoms with Crippen molar-refractivity contribution >= 4 is 17.9 Å². The first-order valence-corrected chi connectivity index (χ1v) is 15.2. The van der Waals surface area contributed by atoms with Gasteiger partial charge in [-0.15, -0.1) is 0 Å². The van der Waals surface area contributed by atoms with Crippen LogP contribution in [0.4, 0.5) is 0 Å². The van der Waals surface area contributed by atoms with Crippen molar-refractivity contribution in [1.82, 2.24) is 9.88 Å². The van der Waals surface area contributed by atoms with Gasteiger partial charge in [0.2, 0.25) is 0 Å². The summed E-state index contributed by atoms with van der Waals surface area (Å²) in [5, 5.41) is 9.44. The predicted octanol–water partition coefficient (Wildman–Crippen LogP) is 8.25. The molecule has 3 aromatic carbocycles. The SMILES string of the molecule is Cc1ccc(OCCCN2CCCC2)c(C)c1-c1cccc(Oc2cc(OCc3cncc(C#N)c3)c(C=O)cc2Cl)c1C. The minimum Gasteiger partial charge on any atom is -0.493 e. The number of aldehydes is 1. The van der Waals surface area contributed by atoms with Crippen LogP contribution >= 0.6 is 11.6 Å². The number of carbonyl (C=O) groups excluding carboxylic acids is 1. The molecule has 1 aromatic heterocycles. The van der Waals surface area contributed by atoms with Gasteiger partial charge in [-0.3, -0.25) is 9.78 Å². The van der Waals surface area contributed by atoms with Gasteiger partial charge in [0, 0.05) is 30.6 Å². The second kappa shape index (κ2) is 14.4. The Morgan fingerprint density at radius 3 is 2.55 bits per heavy atom. The van der Waals surface area contributed by atoms with Crippen molar-refractivity contribution in [2.24, 2.45) is 0 Å². The van der Waals surface area contributed by atoms with E-state index in [0.717, 1.165) is 46.5 Å². The van der Waals surface area contributed by atoms with Crippen LogP contribution in [0.2, 0.25) is 5.02 Å². The maximum atomic E-state index is 11.8. The summed E-state index contributed by atoms with van der Waals surface area (Å²) in [7, 11) is 0. The van der Waals surface area contributed by atoms with E-state index in [4.69, 9.17) is 31.1 Å². The number of pyridine rings is 1. The molecule has 2 heterocycles. The number of nitrogens with zero attached hydrogens (tertiary/aromatic N) is 3. The zero-order valence-electron chi connectivity index (χ0n) is 25.4. The molecule has 4 aromatic rings. The largest absolute Gasteiger partial charge is 0.493 e. The molecule has 8 heteroatoms. The van der Waals surface area contributed by atoms with Crippen molar-refractivity contribution in [3.8, 4) is 40.2 Å². The molecule has 0 N–H and O–H groups in total. The molecule has 0 unspecified atom stereocenters. The fourth-order valence-electron chi connectivity index (χ4n) is 5.62. The average molecular weight is 610 g/mol. The first kappa shape index (κ1) is 31.1. The van der Waals surface area contributed by atoms with Crippen LogP contribution in [-0.2, 0) is 6.61 Å². The van der Waals surface area contributed by atoms with Crippen LogP contribution in [0.3, 0.4) is 0 Å². The van der Waals surface area contributed by atoms with E-state index in [1.54, 1.807) is 18.3 Å². The van der Waals surface area contributed by atoms with Crippen LogP contribution < -0.4 is 14.2 Å². The molecule has 226 valence electrons. The van der Waals surface area contributed by atoms with E-state index in [0.29, 0.717) is 46.8 Å². The molecule has 5 rings (SSSR count). The zero-order chi connectivity index (χ0) is 31.1. The number of aryl methyl sites for hydroxylation is 1. The van der Waals surface area contributed by atoms with Crippen molar-refractivity contribution < 1.29 is 19.0 Å². The second-order valence-corrected chi connectivity index (χ2v) is 11.5. The van der Waals surface area contributed by atoms with Crippen molar-refractivity contribution in [3.63, 3.8) is 0 Å². The van der Waals surface area contributed by atoms with Crippen molar-refractivity contribution in [2.45, 2.75) is 46.6 Å². The maximum Gasteiger partial charge on any atom is 0.153 e. The quantitative estimate of drug-likeness (QED) is 0.118. The Bertz CT molecular complexity index is 1690. The average Bonchev–Trinajstić information content (AvgIpc) is 3.55. The molecule has 1 aliphatic heterocycles. The van der Waals surface area contributed by atoms with E-state index in [2.05, 4.69) is 48.0 Å². The highest BCUT2D eigenvalue weighted by atomic mass is 35.5. The van der Waals surface area contributed by atoms with Crippen molar-refractivity contribution in [1.29, 1.82) is 5.26 Å². The third-order valence-electron chi connectivity index (χ3n) is 7.98. The van der Waals surface area contributed by atoms with Gasteiger partial charge in [-0.25, -0.2) is 0 Å². The number of carbonyl (C=O) groups is 1. The van der Waals surface area contributed by atoms with Gasteiger partial charge in [0.25, 0.3) is 0 Å². The number of likely N-dealkylation sites (tertiary alicyclic amines) is 1. The van der Waals surface area contributed by atoms with Crippen LogP contribution in [0.15, 0.2) is 60.9 Å². The zero-order valence-corrected chi connectivity index (χ0v) is 26.1. The van der Waals surface area contributed by atoms with Crippen molar-refractivity contribution in [3.05, 3.63) is 99.3 Å². The summed E-state index contributed by atoms with van der Waals surface area (Å²) in [5.74, 6) is 2.20. The summed E-state index contributed by atoms with van der Waals surface area (Å²) >= 11 is 6.56. The summed E-state index contributed by atoms with van der Waals surface area (Å²) in [6, 6.07) is 17.0. The Kier molecular flexibility index (Phi) is 10.2. The minimum absolute atomic E-state index is 0.119. The van der Waals surface area contributed by atoms with Crippen LogP contribution in [0.1, 0.15) is 57.4 Å². The maximum absolute atomic E-state index is 11.8. The van der Waals surface area contributed by atoms with Gasteiger partial charge in [0.1, 0.15) is 35.7 Å². The topological polar surface area (TPSA) is 84.7 Å². The Labute approximate surface area is 264 Å². The van der Waals surface area contributed by atoms with Crippen LogP contribution in [0.25, 0.3) is 11.1 Å². The summed E-state index contributed by atoms with van der Waals surface area (Å²) in [6.07, 6.45) is 7.38. The molecule has 0 bridgehead atoms. The molecule has 1 fully saturated rings. The standard InChI is InChI=1S/C36H36ClN3O4/c1-24-10-11-32(42-15-7-14-40-12-4-5-13-40)26(3)36(24)30-8-6-9-33(25(30)2)44-35-18-34(29(22-41)17-31(35)37)43-23-28-16-27(19-38)20-39-21-28/h6,8-11,16-18,20-22H,4-5,7,12-15,23H2,1-3H3. The molecule has 0 radical (unpaired) electrons. The Morgan fingerprint density at radius 1 is 0.955 bits per heavy atom. The highest BCUT2D eigenvalue weighted by Crippen LogP contribution is 2.41. The Hall–Kier alpha value is -4.38. The molecule has 0 amide bonds. The van der Waals surface area contributed by atoms with Gasteiger partial charge in [-0.1, -0.05) is 29.8 Å². The van der Waals surface area contributed by atoms with E-state index in [-0.39, 0.29) is 11.6 Å². The van der Waals surface area contributed by atoms with E-state index in [1.807, 2.05) is 19.1 Å². The number of halogens is 1. The lowest BCUT2D eigenvalue weighted by molar-refractivity contribution is 0.111. The summed E-state index contributed by atoms with van der Waals surface area (Å²) in [6.45, 7) is 10.5. The Morgan fingerprint density at radius 2 is 1.77 bits per heavy atom.